The number of esters is 1. The fraction of sp³-hybridized carbons (Fsp3) is 0.294. The third-order valence-corrected chi connectivity index (χ3v) is 4.32. The molecule has 0 aliphatic carbocycles. The van der Waals surface area contributed by atoms with E-state index in [1.54, 1.807) is 19.1 Å². The number of rotatable bonds is 3. The molecule has 2 heterocycles. The van der Waals surface area contributed by atoms with Crippen molar-refractivity contribution in [3.63, 3.8) is 0 Å². The molecular weight excluding hydrogens is 348 g/mol. The maximum absolute atomic E-state index is 12.1. The Morgan fingerprint density at radius 1 is 1.32 bits per heavy atom. The summed E-state index contributed by atoms with van der Waals surface area (Å²) in [4.78, 5) is 35.3. The van der Waals surface area contributed by atoms with E-state index >= 15 is 0 Å². The lowest BCUT2D eigenvalue weighted by Crippen LogP contribution is -2.32. The van der Waals surface area contributed by atoms with Crippen LogP contribution < -0.4 is 5.63 Å². The first-order valence-corrected chi connectivity index (χ1v) is 7.97. The minimum atomic E-state index is -0.626. The molecular formula is C17H15ClN2O5. The molecule has 1 aliphatic rings. The molecule has 0 radical (unpaired) electrons. The van der Waals surface area contributed by atoms with Crippen molar-refractivity contribution in [3.8, 4) is 0 Å². The zero-order valence-corrected chi connectivity index (χ0v) is 14.4. The number of carbonyl (C=O) groups is 2. The molecule has 0 saturated carbocycles. The third kappa shape index (κ3) is 3.56. The molecule has 1 aromatic carbocycles. The second kappa shape index (κ2) is 6.68. The molecule has 0 atom stereocenters. The lowest BCUT2D eigenvalue weighted by atomic mass is 10.1. The molecule has 25 heavy (non-hydrogen) atoms. The molecule has 0 spiro atoms. The number of ether oxygens (including phenoxy) is 1. The van der Waals surface area contributed by atoms with Gasteiger partial charge in [-0.15, -0.1) is 0 Å². The van der Waals surface area contributed by atoms with Crippen molar-refractivity contribution in [3.05, 3.63) is 44.8 Å². The number of amides is 1. The van der Waals surface area contributed by atoms with Crippen LogP contribution in [0.4, 0.5) is 0 Å². The van der Waals surface area contributed by atoms with E-state index in [0.29, 0.717) is 21.6 Å². The molecule has 1 amide bonds. The van der Waals surface area contributed by atoms with Crippen molar-refractivity contribution in [1.82, 2.24) is 5.01 Å². The Kier molecular flexibility index (Phi) is 4.59. The number of halogens is 1. The van der Waals surface area contributed by atoms with Crippen molar-refractivity contribution >= 4 is 40.2 Å². The van der Waals surface area contributed by atoms with E-state index in [9.17, 15) is 14.4 Å². The number of aryl methyl sites for hydroxylation is 1. The van der Waals surface area contributed by atoms with Crippen LogP contribution in [0.25, 0.3) is 11.0 Å². The lowest BCUT2D eigenvalue weighted by Gasteiger charge is -2.18. The average molecular weight is 363 g/mol. The van der Waals surface area contributed by atoms with Gasteiger partial charge < -0.3 is 9.15 Å². The van der Waals surface area contributed by atoms with Gasteiger partial charge in [0, 0.05) is 41.9 Å². The Morgan fingerprint density at radius 3 is 2.80 bits per heavy atom. The lowest BCUT2D eigenvalue weighted by molar-refractivity contribution is -0.137. The Hall–Kier alpha value is -2.67. The number of hydrazone groups is 1. The smallest absolute Gasteiger partial charge is 0.354 e. The summed E-state index contributed by atoms with van der Waals surface area (Å²) in [5.74, 6) is -0.785. The van der Waals surface area contributed by atoms with E-state index in [0.717, 1.165) is 10.6 Å². The van der Waals surface area contributed by atoms with Gasteiger partial charge in [-0.1, -0.05) is 11.6 Å². The number of nitrogens with zero attached hydrogens (tertiary/aromatic N) is 2. The maximum atomic E-state index is 12.1. The van der Waals surface area contributed by atoms with Gasteiger partial charge >= 0.3 is 11.6 Å². The first-order valence-electron chi connectivity index (χ1n) is 7.59. The fourth-order valence-electron chi connectivity index (χ4n) is 2.51. The standard InChI is InChI=1S/C17H15ClN2O5/c1-9-5-14-11(7-12(9)18)10(6-16(22)25-14)8-24-17(23)13-3-4-15(21)20(2)19-13/h5-7H,3-4,8H2,1-2H3. The van der Waals surface area contributed by atoms with Crippen molar-refractivity contribution < 1.29 is 18.7 Å². The summed E-state index contributed by atoms with van der Waals surface area (Å²) < 4.78 is 10.4. The van der Waals surface area contributed by atoms with Crippen LogP contribution in [0.3, 0.4) is 0 Å². The molecule has 130 valence electrons. The van der Waals surface area contributed by atoms with Crippen LogP contribution in [0.2, 0.25) is 5.02 Å². The van der Waals surface area contributed by atoms with Crippen LogP contribution in [-0.2, 0) is 20.9 Å². The van der Waals surface area contributed by atoms with Crippen molar-refractivity contribution in [2.24, 2.45) is 5.10 Å². The summed E-state index contributed by atoms with van der Waals surface area (Å²) in [5, 5.41) is 6.14. The van der Waals surface area contributed by atoms with Gasteiger partial charge in [-0.05, 0) is 24.6 Å². The molecule has 0 unspecified atom stereocenters. The number of benzene rings is 1. The molecule has 0 fully saturated rings. The largest absolute Gasteiger partial charge is 0.456 e. The second-order valence-corrected chi connectivity index (χ2v) is 6.14. The highest BCUT2D eigenvalue weighted by Crippen LogP contribution is 2.25. The normalized spacial score (nSPS) is 14.6. The molecule has 1 aliphatic heterocycles. The van der Waals surface area contributed by atoms with Crippen molar-refractivity contribution in [1.29, 1.82) is 0 Å². The number of hydrogen-bond acceptors (Lipinski definition) is 6. The predicted molar refractivity (Wildman–Crippen MR) is 91.5 cm³/mol. The summed E-state index contributed by atoms with van der Waals surface area (Å²) in [6.07, 6.45) is 0.432. The SMILES string of the molecule is Cc1cc2oc(=O)cc(COC(=O)C3=NN(C)C(=O)CC3)c2cc1Cl. The summed E-state index contributed by atoms with van der Waals surface area (Å²) in [5.41, 5.74) is 1.27. The van der Waals surface area contributed by atoms with E-state index < -0.39 is 11.6 Å². The van der Waals surface area contributed by atoms with Crippen LogP contribution in [0, 0.1) is 6.92 Å². The van der Waals surface area contributed by atoms with E-state index in [4.69, 9.17) is 20.8 Å². The van der Waals surface area contributed by atoms with E-state index in [1.165, 1.54) is 13.1 Å². The molecule has 2 aromatic rings. The zero-order chi connectivity index (χ0) is 18.1. The Morgan fingerprint density at radius 2 is 2.08 bits per heavy atom. The van der Waals surface area contributed by atoms with Gasteiger partial charge in [0.05, 0.1) is 0 Å². The molecule has 0 bridgehead atoms. The summed E-state index contributed by atoms with van der Waals surface area (Å²) in [6, 6.07) is 4.60. The third-order valence-electron chi connectivity index (χ3n) is 3.91. The molecule has 1 aromatic heterocycles. The second-order valence-electron chi connectivity index (χ2n) is 5.73. The van der Waals surface area contributed by atoms with Crippen LogP contribution >= 0.6 is 11.6 Å². The van der Waals surface area contributed by atoms with Crippen LogP contribution in [0.5, 0.6) is 0 Å². The highest BCUT2D eigenvalue weighted by Gasteiger charge is 2.23. The minimum Gasteiger partial charge on any atom is -0.456 e. The van der Waals surface area contributed by atoms with Gasteiger partial charge in [-0.2, -0.15) is 5.10 Å². The maximum Gasteiger partial charge on any atom is 0.354 e. The van der Waals surface area contributed by atoms with Gasteiger partial charge in [-0.25, -0.2) is 14.6 Å². The van der Waals surface area contributed by atoms with Gasteiger partial charge in [0.2, 0.25) is 5.91 Å². The zero-order valence-electron chi connectivity index (χ0n) is 13.7. The van der Waals surface area contributed by atoms with Crippen molar-refractivity contribution in [2.75, 3.05) is 7.05 Å². The number of carbonyl (C=O) groups excluding carboxylic acids is 2. The van der Waals surface area contributed by atoms with Gasteiger partial charge in [-0.3, -0.25) is 4.79 Å². The van der Waals surface area contributed by atoms with Crippen LogP contribution in [-0.4, -0.2) is 29.6 Å². The average Bonchev–Trinajstić information content (AvgIpc) is 2.56. The Labute approximate surface area is 147 Å². The van der Waals surface area contributed by atoms with Crippen LogP contribution in [0.1, 0.15) is 24.0 Å². The molecule has 0 N–H and O–H groups in total. The van der Waals surface area contributed by atoms with Gasteiger partial charge in [0.15, 0.2) is 0 Å². The highest BCUT2D eigenvalue weighted by atomic mass is 35.5. The summed E-state index contributed by atoms with van der Waals surface area (Å²) in [6.45, 7) is 1.67. The summed E-state index contributed by atoms with van der Waals surface area (Å²) in [7, 11) is 1.48. The quantitative estimate of drug-likeness (QED) is 0.618. The van der Waals surface area contributed by atoms with E-state index in [2.05, 4.69) is 5.10 Å². The Balaban J connectivity index is 1.85. The van der Waals surface area contributed by atoms with Crippen LogP contribution in [0.15, 0.2) is 32.5 Å². The fourth-order valence-corrected chi connectivity index (χ4v) is 2.67. The van der Waals surface area contributed by atoms with Crippen molar-refractivity contribution in [2.45, 2.75) is 26.4 Å². The monoisotopic (exact) mass is 362 g/mol. The predicted octanol–water partition coefficient (Wildman–Crippen LogP) is 2.41. The van der Waals surface area contributed by atoms with E-state index in [1.807, 2.05) is 0 Å². The highest BCUT2D eigenvalue weighted by molar-refractivity contribution is 6.37. The number of fused-ring (bicyclic) bond motifs is 1. The number of hydrogen-bond donors (Lipinski definition) is 0. The topological polar surface area (TPSA) is 89.2 Å². The molecule has 0 saturated heterocycles. The minimum absolute atomic E-state index is 0.128. The van der Waals surface area contributed by atoms with Gasteiger partial charge in [0.25, 0.3) is 0 Å². The van der Waals surface area contributed by atoms with E-state index in [-0.39, 0.29) is 31.1 Å². The Bertz CT molecular complexity index is 963. The van der Waals surface area contributed by atoms with Gasteiger partial charge in [0.1, 0.15) is 17.9 Å². The molecule has 8 heteroatoms. The molecule has 7 nitrogen and oxygen atoms in total. The summed E-state index contributed by atoms with van der Waals surface area (Å²) >= 11 is 6.13. The first-order chi connectivity index (χ1) is 11.8. The first kappa shape index (κ1) is 17.2. The molecule has 3 rings (SSSR count).